The van der Waals surface area contributed by atoms with E-state index in [0.717, 1.165) is 11.1 Å². The van der Waals surface area contributed by atoms with Crippen molar-refractivity contribution in [3.63, 3.8) is 0 Å². The Morgan fingerprint density at radius 3 is 2.47 bits per heavy atom. The van der Waals surface area contributed by atoms with Crippen LogP contribution in [0.15, 0.2) is 83.7 Å². The van der Waals surface area contributed by atoms with Gasteiger partial charge in [-0.05, 0) is 43.7 Å². The monoisotopic (exact) mass is 456 g/mol. The zero-order valence-electron chi connectivity index (χ0n) is 19.6. The van der Waals surface area contributed by atoms with Crippen molar-refractivity contribution in [2.75, 3.05) is 11.9 Å². The number of hydrogen-bond donors (Lipinski definition) is 1. The van der Waals surface area contributed by atoms with E-state index in [0.29, 0.717) is 29.3 Å². The molecule has 1 atom stereocenters. The van der Waals surface area contributed by atoms with E-state index in [1.165, 1.54) is 0 Å². The van der Waals surface area contributed by atoms with Crippen LogP contribution >= 0.6 is 0 Å². The first-order valence-corrected chi connectivity index (χ1v) is 11.3. The second-order valence-electron chi connectivity index (χ2n) is 7.99. The summed E-state index contributed by atoms with van der Waals surface area (Å²) in [6.45, 7) is 4.36. The molecule has 4 rings (SSSR count). The number of carbonyl (C=O) groups is 1. The minimum atomic E-state index is -0.347. The minimum Gasteiger partial charge on any atom is -0.492 e. The lowest BCUT2D eigenvalue weighted by atomic mass is 10.1. The predicted molar refractivity (Wildman–Crippen MR) is 134 cm³/mol. The van der Waals surface area contributed by atoms with Gasteiger partial charge in [-0.2, -0.15) is 0 Å². The number of urea groups is 1. The molecule has 174 valence electrons. The summed E-state index contributed by atoms with van der Waals surface area (Å²) < 4.78 is 7.24. The van der Waals surface area contributed by atoms with Crippen LogP contribution < -0.4 is 15.6 Å². The Balaban J connectivity index is 1.72. The summed E-state index contributed by atoms with van der Waals surface area (Å²) in [6, 6.07) is 23.8. The third-order valence-electron chi connectivity index (χ3n) is 5.81. The first kappa shape index (κ1) is 23.0. The standard InChI is InChI=1S/C27H28N4O3/c1-4-34-25-17-11-9-15-22(25)29-27(33)31(19(2)20-12-6-5-7-13-20)18-23-26(32)30(3)24-16-10-8-14-21(24)28-23/h5-17,19H,4,18H2,1-3H3,(H,29,33)/t19-/m0/s1. The van der Waals surface area contributed by atoms with E-state index in [2.05, 4.69) is 10.3 Å². The van der Waals surface area contributed by atoms with Gasteiger partial charge in [-0.3, -0.25) is 4.79 Å². The number of fused-ring (bicyclic) bond motifs is 1. The number of benzene rings is 3. The molecule has 0 bridgehead atoms. The smallest absolute Gasteiger partial charge is 0.322 e. The van der Waals surface area contributed by atoms with Crippen LogP contribution in [-0.2, 0) is 13.6 Å². The SMILES string of the molecule is CCOc1ccccc1NC(=O)N(Cc1nc2ccccc2n(C)c1=O)[C@@H](C)c1ccccc1. The van der Waals surface area contributed by atoms with Gasteiger partial charge in [-0.1, -0.05) is 54.6 Å². The number of carbonyl (C=O) groups excluding carboxylic acids is 1. The molecule has 0 aliphatic rings. The summed E-state index contributed by atoms with van der Waals surface area (Å²) in [7, 11) is 1.72. The summed E-state index contributed by atoms with van der Waals surface area (Å²) >= 11 is 0. The van der Waals surface area contributed by atoms with Crippen molar-refractivity contribution in [3.05, 3.63) is 100 Å². The highest BCUT2D eigenvalue weighted by molar-refractivity contribution is 5.91. The van der Waals surface area contributed by atoms with Crippen LogP contribution in [0.5, 0.6) is 5.75 Å². The van der Waals surface area contributed by atoms with Crippen molar-refractivity contribution in [1.82, 2.24) is 14.5 Å². The maximum Gasteiger partial charge on any atom is 0.322 e. The molecule has 0 aliphatic carbocycles. The van der Waals surface area contributed by atoms with Gasteiger partial charge in [-0.25, -0.2) is 9.78 Å². The number of rotatable bonds is 7. The number of ether oxygens (including phenoxy) is 1. The summed E-state index contributed by atoms with van der Waals surface area (Å²) in [5.41, 5.74) is 3.04. The molecule has 7 nitrogen and oxygen atoms in total. The molecule has 0 aliphatic heterocycles. The van der Waals surface area contributed by atoms with Crippen LogP contribution in [0.1, 0.15) is 31.1 Å². The van der Waals surface area contributed by atoms with Gasteiger partial charge in [0.1, 0.15) is 11.4 Å². The third-order valence-corrected chi connectivity index (χ3v) is 5.81. The molecule has 3 aromatic carbocycles. The van der Waals surface area contributed by atoms with Gasteiger partial charge in [0.15, 0.2) is 0 Å². The highest BCUT2D eigenvalue weighted by Gasteiger charge is 2.25. The topological polar surface area (TPSA) is 76.5 Å². The van der Waals surface area contributed by atoms with Gasteiger partial charge >= 0.3 is 6.03 Å². The van der Waals surface area contributed by atoms with Gasteiger partial charge < -0.3 is 19.5 Å². The van der Waals surface area contributed by atoms with Gasteiger partial charge in [-0.15, -0.1) is 0 Å². The molecule has 0 spiro atoms. The molecule has 0 saturated carbocycles. The Morgan fingerprint density at radius 2 is 1.71 bits per heavy atom. The number of nitrogens with one attached hydrogen (secondary N) is 1. The molecule has 0 saturated heterocycles. The summed E-state index contributed by atoms with van der Waals surface area (Å²) in [4.78, 5) is 32.9. The lowest BCUT2D eigenvalue weighted by Gasteiger charge is -2.30. The number of para-hydroxylation sites is 4. The van der Waals surface area contributed by atoms with Gasteiger partial charge in [0.2, 0.25) is 0 Å². The second-order valence-corrected chi connectivity index (χ2v) is 7.99. The molecular formula is C27H28N4O3. The van der Waals surface area contributed by atoms with Crippen molar-refractivity contribution in [2.24, 2.45) is 7.05 Å². The molecule has 2 amide bonds. The Kier molecular flexibility index (Phi) is 6.92. The third kappa shape index (κ3) is 4.78. The van der Waals surface area contributed by atoms with E-state index in [1.54, 1.807) is 22.6 Å². The Labute approximate surface area is 198 Å². The van der Waals surface area contributed by atoms with Crippen molar-refractivity contribution in [1.29, 1.82) is 0 Å². The first-order chi connectivity index (χ1) is 16.5. The molecule has 1 heterocycles. The average molecular weight is 457 g/mol. The molecule has 34 heavy (non-hydrogen) atoms. The van der Waals surface area contributed by atoms with E-state index in [-0.39, 0.29) is 24.2 Å². The Bertz CT molecular complexity index is 1350. The van der Waals surface area contributed by atoms with Gasteiger partial charge in [0.25, 0.3) is 5.56 Å². The summed E-state index contributed by atoms with van der Waals surface area (Å²) in [6.07, 6.45) is 0. The van der Waals surface area contributed by atoms with E-state index in [4.69, 9.17) is 4.74 Å². The number of aromatic nitrogens is 2. The molecule has 1 aromatic heterocycles. The summed E-state index contributed by atoms with van der Waals surface area (Å²) in [5, 5.41) is 2.96. The molecule has 0 unspecified atom stereocenters. The summed E-state index contributed by atoms with van der Waals surface area (Å²) in [5.74, 6) is 0.588. The fourth-order valence-electron chi connectivity index (χ4n) is 3.94. The quantitative estimate of drug-likeness (QED) is 0.418. The lowest BCUT2D eigenvalue weighted by molar-refractivity contribution is 0.188. The average Bonchev–Trinajstić information content (AvgIpc) is 2.86. The first-order valence-electron chi connectivity index (χ1n) is 11.3. The zero-order chi connectivity index (χ0) is 24.1. The largest absolute Gasteiger partial charge is 0.492 e. The Hall–Kier alpha value is -4.13. The van der Waals surface area contributed by atoms with E-state index in [9.17, 15) is 9.59 Å². The number of amides is 2. The molecule has 1 N–H and O–H groups in total. The molecule has 4 aromatic rings. The second kappa shape index (κ2) is 10.2. The fraction of sp³-hybridized carbons (Fsp3) is 0.222. The maximum atomic E-state index is 13.6. The van der Waals surface area contributed by atoms with Crippen LogP contribution in [0.2, 0.25) is 0 Å². The maximum absolute atomic E-state index is 13.6. The highest BCUT2D eigenvalue weighted by Crippen LogP contribution is 2.27. The van der Waals surface area contributed by atoms with Crippen LogP contribution in [-0.4, -0.2) is 27.1 Å². The van der Waals surface area contributed by atoms with Crippen LogP contribution in [0, 0.1) is 0 Å². The number of aryl methyl sites for hydroxylation is 1. The number of anilines is 1. The Morgan fingerprint density at radius 1 is 1.03 bits per heavy atom. The van der Waals surface area contributed by atoms with Crippen LogP contribution in [0.4, 0.5) is 10.5 Å². The molecule has 0 fully saturated rings. The lowest BCUT2D eigenvalue weighted by Crippen LogP contribution is -2.39. The van der Waals surface area contributed by atoms with Crippen molar-refractivity contribution >= 4 is 22.8 Å². The van der Waals surface area contributed by atoms with Crippen molar-refractivity contribution in [2.45, 2.75) is 26.4 Å². The van der Waals surface area contributed by atoms with Crippen LogP contribution in [0.3, 0.4) is 0 Å². The number of nitrogens with zero attached hydrogens (tertiary/aromatic N) is 3. The predicted octanol–water partition coefficient (Wildman–Crippen LogP) is 5.13. The molecular weight excluding hydrogens is 428 g/mol. The van der Waals surface area contributed by atoms with E-state index in [1.807, 2.05) is 86.6 Å². The van der Waals surface area contributed by atoms with Crippen molar-refractivity contribution < 1.29 is 9.53 Å². The zero-order valence-corrected chi connectivity index (χ0v) is 19.6. The fourth-order valence-corrected chi connectivity index (χ4v) is 3.94. The van der Waals surface area contributed by atoms with E-state index >= 15 is 0 Å². The minimum absolute atomic E-state index is 0.0518. The van der Waals surface area contributed by atoms with Gasteiger partial charge in [0.05, 0.1) is 35.9 Å². The normalized spacial score (nSPS) is 11.7. The highest BCUT2D eigenvalue weighted by atomic mass is 16.5. The molecule has 0 radical (unpaired) electrons. The van der Waals surface area contributed by atoms with Crippen LogP contribution in [0.25, 0.3) is 11.0 Å². The van der Waals surface area contributed by atoms with E-state index < -0.39 is 0 Å². The molecule has 7 heteroatoms. The van der Waals surface area contributed by atoms with Gasteiger partial charge in [0, 0.05) is 7.05 Å². The van der Waals surface area contributed by atoms with Crippen molar-refractivity contribution in [3.8, 4) is 5.75 Å². The number of hydrogen-bond acceptors (Lipinski definition) is 4.